The van der Waals surface area contributed by atoms with Gasteiger partial charge in [-0.2, -0.15) is 0 Å². The molecule has 0 atom stereocenters. The van der Waals surface area contributed by atoms with Crippen molar-refractivity contribution in [1.29, 1.82) is 0 Å². The van der Waals surface area contributed by atoms with Gasteiger partial charge in [-0.1, -0.05) is 53.6 Å². The Morgan fingerprint density at radius 1 is 0.941 bits per heavy atom. The molecule has 1 heteroatoms. The molecule has 2 rings (SSSR count). The SMILES string of the molecule is CNCc1ccccc1-c1cc(C)cc(C)c1. The van der Waals surface area contributed by atoms with Crippen LogP contribution in [-0.2, 0) is 6.54 Å². The Hall–Kier alpha value is -1.60. The quantitative estimate of drug-likeness (QED) is 0.840. The fourth-order valence-electron chi connectivity index (χ4n) is 2.28. The van der Waals surface area contributed by atoms with Crippen LogP contribution >= 0.6 is 0 Å². The summed E-state index contributed by atoms with van der Waals surface area (Å²) in [5.74, 6) is 0. The van der Waals surface area contributed by atoms with Crippen molar-refractivity contribution in [2.24, 2.45) is 0 Å². The summed E-state index contributed by atoms with van der Waals surface area (Å²) in [6.07, 6.45) is 0. The van der Waals surface area contributed by atoms with Crippen LogP contribution in [0.2, 0.25) is 0 Å². The maximum Gasteiger partial charge on any atom is 0.0208 e. The Morgan fingerprint density at radius 3 is 2.24 bits per heavy atom. The van der Waals surface area contributed by atoms with Gasteiger partial charge in [-0.3, -0.25) is 0 Å². The summed E-state index contributed by atoms with van der Waals surface area (Å²) in [4.78, 5) is 0. The zero-order valence-electron chi connectivity index (χ0n) is 10.7. The van der Waals surface area contributed by atoms with Gasteiger partial charge in [0.05, 0.1) is 0 Å². The van der Waals surface area contributed by atoms with Gasteiger partial charge < -0.3 is 5.32 Å². The largest absolute Gasteiger partial charge is 0.316 e. The van der Waals surface area contributed by atoms with Crippen LogP contribution in [0.5, 0.6) is 0 Å². The molecule has 0 spiro atoms. The summed E-state index contributed by atoms with van der Waals surface area (Å²) in [5, 5.41) is 3.22. The smallest absolute Gasteiger partial charge is 0.0208 e. The molecule has 0 aliphatic rings. The van der Waals surface area contributed by atoms with Crippen LogP contribution in [0.4, 0.5) is 0 Å². The van der Waals surface area contributed by atoms with Gasteiger partial charge in [-0.15, -0.1) is 0 Å². The van der Waals surface area contributed by atoms with Crippen LogP contribution in [-0.4, -0.2) is 7.05 Å². The van der Waals surface area contributed by atoms with E-state index in [1.54, 1.807) is 0 Å². The van der Waals surface area contributed by atoms with Crippen molar-refractivity contribution in [3.63, 3.8) is 0 Å². The summed E-state index contributed by atoms with van der Waals surface area (Å²) in [7, 11) is 1.98. The number of hydrogen-bond acceptors (Lipinski definition) is 1. The summed E-state index contributed by atoms with van der Waals surface area (Å²) in [6, 6.07) is 15.3. The minimum absolute atomic E-state index is 0.906. The van der Waals surface area contributed by atoms with Crippen molar-refractivity contribution in [2.75, 3.05) is 7.05 Å². The average molecular weight is 225 g/mol. The van der Waals surface area contributed by atoms with Gasteiger partial charge in [0, 0.05) is 6.54 Å². The fraction of sp³-hybridized carbons (Fsp3) is 0.250. The summed E-state index contributed by atoms with van der Waals surface area (Å²) in [5.41, 5.74) is 6.63. The zero-order valence-corrected chi connectivity index (χ0v) is 10.7. The van der Waals surface area contributed by atoms with E-state index in [4.69, 9.17) is 0 Å². The summed E-state index contributed by atoms with van der Waals surface area (Å²) < 4.78 is 0. The molecular formula is C16H19N. The fourth-order valence-corrected chi connectivity index (χ4v) is 2.28. The zero-order chi connectivity index (χ0) is 12.3. The van der Waals surface area contributed by atoms with E-state index in [9.17, 15) is 0 Å². The van der Waals surface area contributed by atoms with E-state index in [1.165, 1.54) is 27.8 Å². The lowest BCUT2D eigenvalue weighted by atomic mass is 9.96. The topological polar surface area (TPSA) is 12.0 Å². The molecule has 2 aromatic rings. The van der Waals surface area contributed by atoms with Crippen LogP contribution in [0.25, 0.3) is 11.1 Å². The van der Waals surface area contributed by atoms with E-state index in [0.29, 0.717) is 0 Å². The van der Waals surface area contributed by atoms with Crippen molar-refractivity contribution in [3.05, 3.63) is 59.2 Å². The van der Waals surface area contributed by atoms with Crippen molar-refractivity contribution in [3.8, 4) is 11.1 Å². The van der Waals surface area contributed by atoms with Crippen LogP contribution < -0.4 is 5.32 Å². The third kappa shape index (κ3) is 2.75. The van der Waals surface area contributed by atoms with Gasteiger partial charge >= 0.3 is 0 Å². The Morgan fingerprint density at radius 2 is 1.59 bits per heavy atom. The molecule has 0 heterocycles. The lowest BCUT2D eigenvalue weighted by Gasteiger charge is -2.11. The molecule has 1 N–H and O–H groups in total. The molecular weight excluding hydrogens is 206 g/mol. The monoisotopic (exact) mass is 225 g/mol. The first-order valence-electron chi connectivity index (χ1n) is 6.02. The third-order valence-electron chi connectivity index (χ3n) is 2.92. The van der Waals surface area contributed by atoms with E-state index in [1.807, 2.05) is 7.05 Å². The Kier molecular flexibility index (Phi) is 3.60. The molecule has 17 heavy (non-hydrogen) atoms. The predicted molar refractivity (Wildman–Crippen MR) is 74.1 cm³/mol. The molecule has 0 bridgehead atoms. The molecule has 0 aliphatic heterocycles. The van der Waals surface area contributed by atoms with Crippen LogP contribution in [0.1, 0.15) is 16.7 Å². The van der Waals surface area contributed by atoms with E-state index < -0.39 is 0 Å². The number of nitrogens with one attached hydrogen (secondary N) is 1. The molecule has 0 saturated carbocycles. The molecule has 0 fully saturated rings. The van der Waals surface area contributed by atoms with Gasteiger partial charge in [0.2, 0.25) is 0 Å². The van der Waals surface area contributed by atoms with Gasteiger partial charge in [0.1, 0.15) is 0 Å². The molecule has 0 aliphatic carbocycles. The first-order chi connectivity index (χ1) is 8.20. The minimum Gasteiger partial charge on any atom is -0.316 e. The highest BCUT2D eigenvalue weighted by Crippen LogP contribution is 2.25. The van der Waals surface area contributed by atoms with Crippen molar-refractivity contribution < 1.29 is 0 Å². The molecule has 0 amide bonds. The summed E-state index contributed by atoms with van der Waals surface area (Å²) >= 11 is 0. The van der Waals surface area contributed by atoms with E-state index in [2.05, 4.69) is 61.6 Å². The number of benzene rings is 2. The second-order valence-corrected chi connectivity index (χ2v) is 4.56. The second kappa shape index (κ2) is 5.15. The Labute approximate surface area is 103 Å². The van der Waals surface area contributed by atoms with Crippen molar-refractivity contribution in [2.45, 2.75) is 20.4 Å². The second-order valence-electron chi connectivity index (χ2n) is 4.56. The van der Waals surface area contributed by atoms with E-state index in [0.717, 1.165) is 6.54 Å². The lowest BCUT2D eigenvalue weighted by molar-refractivity contribution is 0.819. The van der Waals surface area contributed by atoms with Crippen LogP contribution in [0.3, 0.4) is 0 Å². The third-order valence-corrected chi connectivity index (χ3v) is 2.92. The molecule has 0 radical (unpaired) electrons. The first-order valence-corrected chi connectivity index (χ1v) is 6.02. The van der Waals surface area contributed by atoms with Gasteiger partial charge in [-0.25, -0.2) is 0 Å². The highest BCUT2D eigenvalue weighted by atomic mass is 14.8. The van der Waals surface area contributed by atoms with Crippen molar-refractivity contribution >= 4 is 0 Å². The number of aryl methyl sites for hydroxylation is 2. The molecule has 1 nitrogen and oxygen atoms in total. The minimum atomic E-state index is 0.906. The standard InChI is InChI=1S/C16H19N/c1-12-8-13(2)10-15(9-12)16-7-5-4-6-14(16)11-17-3/h4-10,17H,11H2,1-3H3. The molecule has 2 aromatic carbocycles. The maximum atomic E-state index is 3.22. The molecule has 0 saturated heterocycles. The molecule has 0 unspecified atom stereocenters. The normalized spacial score (nSPS) is 10.5. The molecule has 88 valence electrons. The molecule has 0 aromatic heterocycles. The predicted octanol–water partition coefficient (Wildman–Crippen LogP) is 3.69. The Balaban J connectivity index is 2.51. The van der Waals surface area contributed by atoms with Gasteiger partial charge in [0.15, 0.2) is 0 Å². The number of rotatable bonds is 3. The van der Waals surface area contributed by atoms with Gasteiger partial charge in [0.25, 0.3) is 0 Å². The average Bonchev–Trinajstić information content (AvgIpc) is 2.29. The Bertz CT molecular complexity index is 494. The lowest BCUT2D eigenvalue weighted by Crippen LogP contribution is -2.06. The van der Waals surface area contributed by atoms with E-state index in [-0.39, 0.29) is 0 Å². The highest BCUT2D eigenvalue weighted by Gasteiger charge is 2.04. The first kappa shape index (κ1) is 11.9. The van der Waals surface area contributed by atoms with E-state index >= 15 is 0 Å². The van der Waals surface area contributed by atoms with Gasteiger partial charge in [-0.05, 0) is 37.6 Å². The van der Waals surface area contributed by atoms with Crippen molar-refractivity contribution in [1.82, 2.24) is 5.32 Å². The van der Waals surface area contributed by atoms with Crippen LogP contribution in [0.15, 0.2) is 42.5 Å². The summed E-state index contributed by atoms with van der Waals surface area (Å²) in [6.45, 7) is 5.21. The number of hydrogen-bond donors (Lipinski definition) is 1. The maximum absolute atomic E-state index is 3.22. The highest BCUT2D eigenvalue weighted by molar-refractivity contribution is 5.68. The van der Waals surface area contributed by atoms with Crippen LogP contribution in [0, 0.1) is 13.8 Å².